The van der Waals surface area contributed by atoms with E-state index in [4.69, 9.17) is 11.6 Å². The molecule has 5 nitrogen and oxygen atoms in total. The molecule has 1 aliphatic heterocycles. The van der Waals surface area contributed by atoms with Crippen LogP contribution in [0.25, 0.3) is 6.08 Å². The second-order valence-electron chi connectivity index (χ2n) is 4.82. The van der Waals surface area contributed by atoms with E-state index in [9.17, 15) is 14.7 Å². The number of phenols is 1. The molecule has 7 heteroatoms. The number of amides is 3. The number of hydrogen-bond donors (Lipinski definition) is 2. The molecule has 2 N–H and O–H groups in total. The van der Waals surface area contributed by atoms with Gasteiger partial charge in [0.2, 0.25) is 0 Å². The number of anilines is 1. The van der Waals surface area contributed by atoms with Crippen molar-refractivity contribution >= 4 is 57.9 Å². The zero-order valence-electron chi connectivity index (χ0n) is 11.6. The minimum absolute atomic E-state index is 0.162. The van der Waals surface area contributed by atoms with Crippen molar-refractivity contribution in [2.75, 3.05) is 4.90 Å². The first-order valence-electron chi connectivity index (χ1n) is 6.57. The van der Waals surface area contributed by atoms with Gasteiger partial charge in [-0.3, -0.25) is 4.79 Å². The van der Waals surface area contributed by atoms with Crippen molar-refractivity contribution in [3.8, 4) is 5.75 Å². The number of nitrogens with zero attached hydrogens (tertiary/aromatic N) is 1. The number of urea groups is 1. The maximum absolute atomic E-state index is 12.5. The van der Waals surface area contributed by atoms with Crippen LogP contribution in [0.3, 0.4) is 0 Å². The first-order chi connectivity index (χ1) is 11.0. The molecular weight excluding hydrogens is 431 g/mol. The van der Waals surface area contributed by atoms with Crippen LogP contribution < -0.4 is 10.2 Å². The van der Waals surface area contributed by atoms with Crippen molar-refractivity contribution in [3.05, 3.63) is 62.3 Å². The smallest absolute Gasteiger partial charge is 0.333 e. The molecule has 0 aromatic heterocycles. The Kier molecular flexibility index (Phi) is 4.27. The van der Waals surface area contributed by atoms with Crippen LogP contribution in [-0.4, -0.2) is 17.0 Å². The van der Waals surface area contributed by atoms with Crippen LogP contribution in [0.15, 0.2) is 48.2 Å². The Labute approximate surface area is 150 Å². The van der Waals surface area contributed by atoms with Crippen LogP contribution in [-0.2, 0) is 4.79 Å². The van der Waals surface area contributed by atoms with E-state index in [1.807, 2.05) is 22.6 Å². The van der Waals surface area contributed by atoms with E-state index in [-0.39, 0.29) is 11.4 Å². The zero-order chi connectivity index (χ0) is 16.6. The average Bonchev–Trinajstić information content (AvgIpc) is 2.77. The van der Waals surface area contributed by atoms with Gasteiger partial charge < -0.3 is 10.4 Å². The van der Waals surface area contributed by atoms with Crippen molar-refractivity contribution in [1.29, 1.82) is 0 Å². The van der Waals surface area contributed by atoms with Crippen LogP contribution in [0.4, 0.5) is 10.5 Å². The summed E-state index contributed by atoms with van der Waals surface area (Å²) in [7, 11) is 0. The maximum Gasteiger partial charge on any atom is 0.333 e. The van der Waals surface area contributed by atoms with Gasteiger partial charge in [0, 0.05) is 5.02 Å². The van der Waals surface area contributed by atoms with Crippen molar-refractivity contribution in [1.82, 2.24) is 5.32 Å². The third-order valence-electron chi connectivity index (χ3n) is 3.23. The van der Waals surface area contributed by atoms with Gasteiger partial charge in [-0.05, 0) is 64.6 Å². The molecule has 0 atom stereocenters. The lowest BCUT2D eigenvalue weighted by Crippen LogP contribution is -2.30. The summed E-state index contributed by atoms with van der Waals surface area (Å²) in [5, 5.41) is 12.5. The van der Waals surface area contributed by atoms with Gasteiger partial charge in [0.1, 0.15) is 11.4 Å². The van der Waals surface area contributed by atoms with E-state index in [1.165, 1.54) is 6.07 Å². The standard InChI is InChI=1S/C16H10ClIN2O3/c17-10-2-1-3-11(8-10)20-15(22)13(19-16(20)23)7-9-4-5-14(21)12(18)6-9/h1-8,21H,(H,19,23)/b13-7+. The van der Waals surface area contributed by atoms with Crippen molar-refractivity contribution in [2.24, 2.45) is 0 Å². The fraction of sp³-hybridized carbons (Fsp3) is 0. The van der Waals surface area contributed by atoms with E-state index in [2.05, 4.69) is 5.32 Å². The number of hydrogen-bond acceptors (Lipinski definition) is 3. The second-order valence-corrected chi connectivity index (χ2v) is 6.42. The Balaban J connectivity index is 1.94. The molecule has 1 fully saturated rings. The van der Waals surface area contributed by atoms with Gasteiger partial charge in [-0.1, -0.05) is 23.7 Å². The van der Waals surface area contributed by atoms with Crippen LogP contribution in [0.1, 0.15) is 5.56 Å². The highest BCUT2D eigenvalue weighted by atomic mass is 127. The molecule has 2 aromatic rings. The van der Waals surface area contributed by atoms with Gasteiger partial charge in [-0.25, -0.2) is 9.69 Å². The average molecular weight is 441 g/mol. The molecular formula is C16H10ClIN2O3. The first-order valence-corrected chi connectivity index (χ1v) is 8.02. The molecule has 1 saturated heterocycles. The summed E-state index contributed by atoms with van der Waals surface area (Å²) in [5.74, 6) is -0.296. The van der Waals surface area contributed by atoms with E-state index in [1.54, 1.807) is 42.5 Å². The van der Waals surface area contributed by atoms with Gasteiger partial charge in [-0.2, -0.15) is 0 Å². The maximum atomic E-state index is 12.5. The summed E-state index contributed by atoms with van der Waals surface area (Å²) in [4.78, 5) is 25.6. The van der Waals surface area contributed by atoms with E-state index >= 15 is 0 Å². The molecule has 2 aromatic carbocycles. The Hall–Kier alpha value is -2.06. The molecule has 0 saturated carbocycles. The highest BCUT2D eigenvalue weighted by Crippen LogP contribution is 2.26. The van der Waals surface area contributed by atoms with Crippen LogP contribution >= 0.6 is 34.2 Å². The number of halogens is 2. The molecule has 0 radical (unpaired) electrons. The monoisotopic (exact) mass is 440 g/mol. The van der Waals surface area contributed by atoms with Gasteiger partial charge in [-0.15, -0.1) is 0 Å². The lowest BCUT2D eigenvalue weighted by molar-refractivity contribution is -0.113. The molecule has 3 amide bonds. The van der Waals surface area contributed by atoms with Gasteiger partial charge >= 0.3 is 6.03 Å². The number of imide groups is 1. The number of aromatic hydroxyl groups is 1. The topological polar surface area (TPSA) is 69.6 Å². The molecule has 23 heavy (non-hydrogen) atoms. The van der Waals surface area contributed by atoms with Gasteiger partial charge in [0.05, 0.1) is 9.26 Å². The Morgan fingerprint density at radius 2 is 1.96 bits per heavy atom. The molecule has 0 bridgehead atoms. The highest BCUT2D eigenvalue weighted by Gasteiger charge is 2.34. The van der Waals surface area contributed by atoms with Crippen LogP contribution in [0, 0.1) is 3.57 Å². The molecule has 0 spiro atoms. The highest BCUT2D eigenvalue weighted by molar-refractivity contribution is 14.1. The summed E-state index contributed by atoms with van der Waals surface area (Å²) >= 11 is 7.89. The minimum Gasteiger partial charge on any atom is -0.507 e. The molecule has 1 aliphatic rings. The quantitative estimate of drug-likeness (QED) is 0.425. The summed E-state index contributed by atoms with van der Waals surface area (Å²) < 4.78 is 0.653. The number of nitrogens with one attached hydrogen (secondary N) is 1. The van der Waals surface area contributed by atoms with Crippen molar-refractivity contribution in [3.63, 3.8) is 0 Å². The van der Waals surface area contributed by atoms with Crippen molar-refractivity contribution in [2.45, 2.75) is 0 Å². The lowest BCUT2D eigenvalue weighted by Gasteiger charge is -2.11. The summed E-state index contributed by atoms with van der Waals surface area (Å²) in [6.07, 6.45) is 1.56. The van der Waals surface area contributed by atoms with Crippen molar-refractivity contribution < 1.29 is 14.7 Å². The Bertz CT molecular complexity index is 851. The molecule has 0 aliphatic carbocycles. The number of benzene rings is 2. The van der Waals surface area contributed by atoms with Crippen LogP contribution in [0.5, 0.6) is 5.75 Å². The SMILES string of the molecule is O=C1N/C(=C/c2ccc(O)c(I)c2)C(=O)N1c1cccc(Cl)c1. The minimum atomic E-state index is -0.531. The van der Waals surface area contributed by atoms with E-state index in [0.29, 0.717) is 19.8 Å². The largest absolute Gasteiger partial charge is 0.507 e. The fourth-order valence-corrected chi connectivity index (χ4v) is 2.89. The van der Waals surface area contributed by atoms with E-state index < -0.39 is 11.9 Å². The molecule has 116 valence electrons. The number of phenolic OH excluding ortho intramolecular Hbond substituents is 1. The fourth-order valence-electron chi connectivity index (χ4n) is 2.16. The second kappa shape index (κ2) is 6.21. The number of carbonyl (C=O) groups is 2. The Morgan fingerprint density at radius 3 is 2.65 bits per heavy atom. The Morgan fingerprint density at radius 1 is 1.17 bits per heavy atom. The first kappa shape index (κ1) is 15.8. The summed E-state index contributed by atoms with van der Waals surface area (Å²) in [6, 6.07) is 10.9. The summed E-state index contributed by atoms with van der Waals surface area (Å²) in [6.45, 7) is 0. The third kappa shape index (κ3) is 3.18. The molecule has 1 heterocycles. The lowest BCUT2D eigenvalue weighted by atomic mass is 10.2. The predicted octanol–water partition coefficient (Wildman–Crippen LogP) is 3.75. The summed E-state index contributed by atoms with van der Waals surface area (Å²) in [5.41, 5.74) is 1.27. The number of rotatable bonds is 2. The van der Waals surface area contributed by atoms with E-state index in [0.717, 1.165) is 4.90 Å². The number of carbonyl (C=O) groups excluding carboxylic acids is 2. The predicted molar refractivity (Wildman–Crippen MR) is 96.3 cm³/mol. The normalized spacial score (nSPS) is 16.1. The van der Waals surface area contributed by atoms with Gasteiger partial charge in [0.15, 0.2) is 0 Å². The zero-order valence-corrected chi connectivity index (χ0v) is 14.5. The molecule has 3 rings (SSSR count). The van der Waals surface area contributed by atoms with Gasteiger partial charge in [0.25, 0.3) is 5.91 Å². The van der Waals surface area contributed by atoms with Crippen LogP contribution in [0.2, 0.25) is 5.02 Å². The molecule has 0 unspecified atom stereocenters. The third-order valence-corrected chi connectivity index (χ3v) is 4.33.